The van der Waals surface area contributed by atoms with E-state index >= 15 is 0 Å². The Morgan fingerprint density at radius 3 is 2.55 bits per heavy atom. The first-order chi connectivity index (χ1) is 18.5. The van der Waals surface area contributed by atoms with E-state index in [4.69, 9.17) is 21.3 Å². The third-order valence-electron chi connectivity index (χ3n) is 7.41. The summed E-state index contributed by atoms with van der Waals surface area (Å²) in [6.45, 7) is 3.74. The lowest BCUT2D eigenvalue weighted by atomic mass is 9.84. The van der Waals surface area contributed by atoms with Gasteiger partial charge in [-0.25, -0.2) is 15.0 Å². The largest absolute Gasteiger partial charge is 0.377 e. The Labute approximate surface area is 227 Å². The zero-order valence-corrected chi connectivity index (χ0v) is 22.2. The number of ether oxygens (including phenoxy) is 1. The number of carbonyl (C=O) groups is 1. The molecule has 1 atom stereocenters. The second kappa shape index (κ2) is 11.9. The van der Waals surface area contributed by atoms with E-state index in [-0.39, 0.29) is 11.9 Å². The lowest BCUT2D eigenvalue weighted by molar-refractivity contribution is -0.125. The number of hydrogen-bond donors (Lipinski definition) is 3. The van der Waals surface area contributed by atoms with Gasteiger partial charge in [0, 0.05) is 35.9 Å². The molecule has 3 aromatic rings. The Kier molecular flexibility index (Phi) is 8.20. The second-order valence-electron chi connectivity index (χ2n) is 10.2. The van der Waals surface area contributed by atoms with Crippen LogP contribution in [0.25, 0.3) is 10.9 Å². The summed E-state index contributed by atoms with van der Waals surface area (Å²) in [6.07, 6.45) is 8.63. The molecule has 3 N–H and O–H groups in total. The maximum atomic E-state index is 12.3. The average Bonchev–Trinajstić information content (AvgIpc) is 2.91. The molecule has 1 aromatic carbocycles. The zero-order chi connectivity index (χ0) is 26.5. The number of aryl methyl sites for hydroxylation is 1. The molecule has 2 aliphatic rings. The molecule has 1 amide bonds. The van der Waals surface area contributed by atoms with Crippen molar-refractivity contribution in [1.29, 1.82) is 5.26 Å². The maximum absolute atomic E-state index is 12.3. The van der Waals surface area contributed by atoms with Crippen molar-refractivity contribution in [1.82, 2.24) is 20.3 Å². The fraction of sp³-hybridized carbons (Fsp3) is 0.464. The molecule has 3 heterocycles. The first kappa shape index (κ1) is 26.1. The Morgan fingerprint density at radius 2 is 1.87 bits per heavy atom. The van der Waals surface area contributed by atoms with Crippen LogP contribution in [0.1, 0.15) is 49.1 Å². The van der Waals surface area contributed by atoms with Crippen LogP contribution >= 0.6 is 11.6 Å². The summed E-state index contributed by atoms with van der Waals surface area (Å²) in [5.74, 6) is 0.752. The van der Waals surface area contributed by atoms with Crippen molar-refractivity contribution in [3.63, 3.8) is 0 Å². The third kappa shape index (κ3) is 6.14. The van der Waals surface area contributed by atoms with Crippen molar-refractivity contribution in [2.45, 2.75) is 57.0 Å². The van der Waals surface area contributed by atoms with Crippen LogP contribution in [0.2, 0.25) is 5.02 Å². The number of aromatic nitrogens is 3. The van der Waals surface area contributed by atoms with Crippen molar-refractivity contribution in [2.24, 2.45) is 5.92 Å². The molecule has 1 saturated carbocycles. The van der Waals surface area contributed by atoms with Crippen molar-refractivity contribution in [3.8, 4) is 6.07 Å². The van der Waals surface area contributed by atoms with Gasteiger partial charge >= 0.3 is 0 Å². The highest BCUT2D eigenvalue weighted by Gasteiger charge is 2.27. The van der Waals surface area contributed by atoms with Gasteiger partial charge in [-0.3, -0.25) is 4.79 Å². The predicted octanol–water partition coefficient (Wildman–Crippen LogP) is 4.58. The highest BCUT2D eigenvalue weighted by atomic mass is 35.5. The summed E-state index contributed by atoms with van der Waals surface area (Å²) in [4.78, 5) is 25.7. The van der Waals surface area contributed by atoms with Crippen molar-refractivity contribution >= 4 is 40.2 Å². The van der Waals surface area contributed by atoms with Gasteiger partial charge in [0.2, 0.25) is 11.9 Å². The number of pyridine rings is 1. The summed E-state index contributed by atoms with van der Waals surface area (Å²) >= 11 is 6.48. The van der Waals surface area contributed by atoms with E-state index in [9.17, 15) is 10.1 Å². The lowest BCUT2D eigenvalue weighted by Crippen LogP contribution is -2.49. The van der Waals surface area contributed by atoms with Gasteiger partial charge in [-0.05, 0) is 62.6 Å². The quantitative estimate of drug-likeness (QED) is 0.365. The number of fused-ring (bicyclic) bond motifs is 1. The van der Waals surface area contributed by atoms with E-state index in [2.05, 4.69) is 38.1 Å². The minimum absolute atomic E-state index is 0.0233. The number of rotatable bonds is 9. The second-order valence-corrected chi connectivity index (χ2v) is 10.6. The van der Waals surface area contributed by atoms with Crippen molar-refractivity contribution in [3.05, 3.63) is 52.8 Å². The van der Waals surface area contributed by atoms with E-state index in [0.717, 1.165) is 66.0 Å². The summed E-state index contributed by atoms with van der Waals surface area (Å²) in [5, 5.41) is 20.9. The molecule has 10 heteroatoms. The Morgan fingerprint density at radius 1 is 1.13 bits per heavy atom. The number of benzene rings is 1. The number of nitrogens with one attached hydrogen (secondary N) is 3. The van der Waals surface area contributed by atoms with E-state index in [0.29, 0.717) is 36.7 Å². The highest BCUT2D eigenvalue weighted by Crippen LogP contribution is 2.30. The number of nitriles is 1. The standard InChI is InChI=1S/C28H32ClN7O2/c1-17-2-5-19-6-9-24(36-26(19)25(17)29)34-21-7-3-18(4-8-21)10-11-31-28-32-13-20(14-33-28)23(12-30)27(37)35-22-15-38-16-22/h2,5-6,9,13-14,18,21-23H,3-4,7-8,10-11,15-16H2,1H3,(H,34,36)(H,35,37)(H,31,32,33)/t18-,21-,23?. The van der Waals surface area contributed by atoms with Crippen molar-refractivity contribution < 1.29 is 9.53 Å². The van der Waals surface area contributed by atoms with Gasteiger partial charge in [0.25, 0.3) is 0 Å². The maximum Gasteiger partial charge on any atom is 0.242 e. The molecule has 1 aliphatic carbocycles. The third-order valence-corrected chi connectivity index (χ3v) is 7.89. The molecule has 1 saturated heterocycles. The molecule has 1 unspecified atom stereocenters. The number of halogens is 1. The molecule has 38 heavy (non-hydrogen) atoms. The van der Waals surface area contributed by atoms with Crippen LogP contribution in [0.5, 0.6) is 0 Å². The molecule has 0 spiro atoms. The molecular formula is C28H32ClN7O2. The molecular weight excluding hydrogens is 502 g/mol. The summed E-state index contributed by atoms with van der Waals surface area (Å²) in [6, 6.07) is 10.6. The fourth-order valence-electron chi connectivity index (χ4n) is 4.99. The summed E-state index contributed by atoms with van der Waals surface area (Å²) < 4.78 is 5.06. The van der Waals surface area contributed by atoms with E-state index in [1.165, 1.54) is 0 Å². The van der Waals surface area contributed by atoms with Gasteiger partial charge in [-0.15, -0.1) is 0 Å². The summed E-state index contributed by atoms with van der Waals surface area (Å²) in [7, 11) is 0. The van der Waals surface area contributed by atoms with Gasteiger partial charge in [0.1, 0.15) is 5.82 Å². The van der Waals surface area contributed by atoms with Gasteiger partial charge in [-0.1, -0.05) is 23.7 Å². The minimum atomic E-state index is -0.931. The minimum Gasteiger partial charge on any atom is -0.377 e. The number of anilines is 2. The number of amides is 1. The normalized spacial score (nSPS) is 20.2. The van der Waals surface area contributed by atoms with E-state index in [1.807, 2.05) is 25.1 Å². The van der Waals surface area contributed by atoms with Crippen LogP contribution < -0.4 is 16.0 Å². The zero-order valence-electron chi connectivity index (χ0n) is 21.4. The smallest absolute Gasteiger partial charge is 0.242 e. The molecule has 0 radical (unpaired) electrons. The molecule has 2 aromatic heterocycles. The number of hydrogen-bond acceptors (Lipinski definition) is 8. The molecule has 198 valence electrons. The molecule has 2 fully saturated rings. The molecule has 0 bridgehead atoms. The van der Waals surface area contributed by atoms with Crippen LogP contribution in [0.4, 0.5) is 11.8 Å². The van der Waals surface area contributed by atoms with Gasteiger partial charge in [0.05, 0.1) is 35.9 Å². The van der Waals surface area contributed by atoms with Crippen molar-refractivity contribution in [2.75, 3.05) is 30.4 Å². The number of carbonyl (C=O) groups excluding carboxylic acids is 1. The SMILES string of the molecule is Cc1ccc2ccc(N[C@H]3CC[C@H](CCNc4ncc(C(C#N)C(=O)NC5COC5)cn4)CC3)nc2c1Cl. The fourth-order valence-corrected chi connectivity index (χ4v) is 5.21. The van der Waals surface area contributed by atoms with Gasteiger partial charge < -0.3 is 20.7 Å². The van der Waals surface area contributed by atoms with Crippen LogP contribution in [0.15, 0.2) is 36.7 Å². The van der Waals surface area contributed by atoms with E-state index in [1.54, 1.807) is 12.4 Å². The molecule has 5 rings (SSSR count). The molecule has 1 aliphatic heterocycles. The monoisotopic (exact) mass is 533 g/mol. The van der Waals surface area contributed by atoms with E-state index < -0.39 is 5.92 Å². The Balaban J connectivity index is 1.05. The Hall–Kier alpha value is -3.48. The van der Waals surface area contributed by atoms with Crippen LogP contribution in [0, 0.1) is 24.2 Å². The van der Waals surface area contributed by atoms with Gasteiger partial charge in [0.15, 0.2) is 5.92 Å². The lowest BCUT2D eigenvalue weighted by Gasteiger charge is -2.29. The van der Waals surface area contributed by atoms with Crippen LogP contribution in [-0.2, 0) is 9.53 Å². The first-order valence-electron chi connectivity index (χ1n) is 13.2. The number of nitrogens with zero attached hydrogens (tertiary/aromatic N) is 4. The first-order valence-corrected chi connectivity index (χ1v) is 13.5. The van der Waals surface area contributed by atoms with Crippen LogP contribution in [-0.4, -0.2) is 52.7 Å². The summed E-state index contributed by atoms with van der Waals surface area (Å²) in [5.41, 5.74) is 2.37. The predicted molar refractivity (Wildman–Crippen MR) is 147 cm³/mol. The molecule has 9 nitrogen and oxygen atoms in total. The van der Waals surface area contributed by atoms with Crippen LogP contribution in [0.3, 0.4) is 0 Å². The van der Waals surface area contributed by atoms with Gasteiger partial charge in [-0.2, -0.15) is 5.26 Å². The highest BCUT2D eigenvalue weighted by molar-refractivity contribution is 6.35. The Bertz CT molecular complexity index is 1320. The average molecular weight is 534 g/mol. The topological polar surface area (TPSA) is 125 Å².